The normalized spacial score (nSPS) is 9.80. The van der Waals surface area contributed by atoms with Gasteiger partial charge in [-0.3, -0.25) is 4.79 Å². The predicted octanol–water partition coefficient (Wildman–Crippen LogP) is 3.27. The molecule has 0 aliphatic carbocycles. The number of hydrogen-bond donors (Lipinski definition) is 1. The van der Waals surface area contributed by atoms with Crippen molar-refractivity contribution in [2.24, 2.45) is 0 Å². The van der Waals surface area contributed by atoms with Crippen molar-refractivity contribution >= 4 is 11.6 Å². The molecular weight excluding hydrogens is 255 g/mol. The van der Waals surface area contributed by atoms with E-state index in [0.29, 0.717) is 18.5 Å². The second-order valence-corrected chi connectivity index (χ2v) is 4.34. The number of carbonyl (C=O) groups is 1. The van der Waals surface area contributed by atoms with Gasteiger partial charge in [0.05, 0.1) is 11.3 Å². The van der Waals surface area contributed by atoms with Gasteiger partial charge in [0.25, 0.3) is 0 Å². The molecule has 0 bridgehead atoms. The van der Waals surface area contributed by atoms with Crippen LogP contribution in [0.1, 0.15) is 17.5 Å². The number of rotatable bonds is 4. The van der Waals surface area contributed by atoms with Crippen LogP contribution in [0.4, 0.5) is 10.1 Å². The Morgan fingerprint density at radius 1 is 1.20 bits per heavy atom. The Hall–Kier alpha value is -2.67. The zero-order chi connectivity index (χ0) is 14.4. The molecule has 0 unspecified atom stereocenters. The molecule has 0 saturated carbocycles. The summed E-state index contributed by atoms with van der Waals surface area (Å²) in [6.07, 6.45) is 0.933. The average molecular weight is 268 g/mol. The molecule has 0 aromatic heterocycles. The minimum Gasteiger partial charge on any atom is -0.325 e. The van der Waals surface area contributed by atoms with Crippen LogP contribution < -0.4 is 5.32 Å². The Labute approximate surface area is 116 Å². The molecule has 0 aliphatic rings. The molecule has 0 fully saturated rings. The van der Waals surface area contributed by atoms with Crippen molar-refractivity contribution in [1.29, 1.82) is 5.26 Å². The van der Waals surface area contributed by atoms with Crippen molar-refractivity contribution in [1.82, 2.24) is 0 Å². The zero-order valence-electron chi connectivity index (χ0n) is 10.8. The van der Waals surface area contributed by atoms with Gasteiger partial charge < -0.3 is 5.32 Å². The number of aryl methyl sites for hydroxylation is 1. The van der Waals surface area contributed by atoms with Crippen molar-refractivity contribution in [3.8, 4) is 6.07 Å². The highest BCUT2D eigenvalue weighted by molar-refractivity contribution is 5.92. The lowest BCUT2D eigenvalue weighted by atomic mass is 10.1. The minimum absolute atomic E-state index is 0.123. The van der Waals surface area contributed by atoms with Crippen LogP contribution in [0.3, 0.4) is 0 Å². The number of hydrogen-bond acceptors (Lipinski definition) is 2. The molecule has 20 heavy (non-hydrogen) atoms. The number of nitrogens with one attached hydrogen (secondary N) is 1. The number of amides is 1. The van der Waals surface area contributed by atoms with Crippen LogP contribution >= 0.6 is 0 Å². The lowest BCUT2D eigenvalue weighted by Gasteiger charge is -2.07. The summed E-state index contributed by atoms with van der Waals surface area (Å²) in [6, 6.07) is 15.2. The maximum absolute atomic E-state index is 13.0. The number of halogens is 1. The Morgan fingerprint density at radius 3 is 2.65 bits per heavy atom. The molecule has 2 rings (SSSR count). The third kappa shape index (κ3) is 3.66. The number of carbonyl (C=O) groups excluding carboxylic acids is 1. The first-order valence-corrected chi connectivity index (χ1v) is 6.22. The zero-order valence-corrected chi connectivity index (χ0v) is 10.8. The fourth-order valence-corrected chi connectivity index (χ4v) is 1.83. The molecule has 0 spiro atoms. The van der Waals surface area contributed by atoms with Crippen LogP contribution in [0.5, 0.6) is 0 Å². The first-order valence-electron chi connectivity index (χ1n) is 6.22. The summed E-state index contributed by atoms with van der Waals surface area (Å²) in [7, 11) is 0. The molecule has 0 saturated heterocycles. The van der Waals surface area contributed by atoms with Crippen LogP contribution in [0.25, 0.3) is 0 Å². The molecule has 1 N–H and O–H groups in total. The van der Waals surface area contributed by atoms with E-state index in [4.69, 9.17) is 5.26 Å². The summed E-state index contributed by atoms with van der Waals surface area (Å²) >= 11 is 0. The standard InChI is InChI=1S/C16H13FN2O/c17-14-7-8-15(13(10-14)11-18)19-16(20)9-6-12-4-2-1-3-5-12/h1-5,7-8,10H,6,9H2,(H,19,20). The highest BCUT2D eigenvalue weighted by Crippen LogP contribution is 2.16. The van der Waals surface area contributed by atoms with Crippen LogP contribution in [-0.2, 0) is 11.2 Å². The van der Waals surface area contributed by atoms with Crippen LogP contribution in [-0.4, -0.2) is 5.91 Å². The van der Waals surface area contributed by atoms with Crippen molar-refractivity contribution < 1.29 is 9.18 Å². The van der Waals surface area contributed by atoms with E-state index >= 15 is 0 Å². The molecule has 0 atom stereocenters. The van der Waals surface area contributed by atoms with E-state index in [1.807, 2.05) is 36.4 Å². The summed E-state index contributed by atoms with van der Waals surface area (Å²) in [5.74, 6) is -0.694. The lowest BCUT2D eigenvalue weighted by molar-refractivity contribution is -0.116. The molecule has 0 radical (unpaired) electrons. The van der Waals surface area contributed by atoms with E-state index < -0.39 is 5.82 Å². The lowest BCUT2D eigenvalue weighted by Crippen LogP contribution is -2.13. The highest BCUT2D eigenvalue weighted by atomic mass is 19.1. The fraction of sp³-hybridized carbons (Fsp3) is 0.125. The van der Waals surface area contributed by atoms with E-state index in [9.17, 15) is 9.18 Å². The number of anilines is 1. The van der Waals surface area contributed by atoms with Gasteiger partial charge in [-0.2, -0.15) is 5.26 Å². The Morgan fingerprint density at radius 2 is 1.95 bits per heavy atom. The Bertz CT molecular complexity index is 647. The minimum atomic E-state index is -0.496. The summed E-state index contributed by atoms with van der Waals surface area (Å²) < 4.78 is 13.0. The van der Waals surface area contributed by atoms with E-state index in [2.05, 4.69) is 5.32 Å². The van der Waals surface area contributed by atoms with Gasteiger partial charge >= 0.3 is 0 Å². The second kappa shape index (κ2) is 6.48. The second-order valence-electron chi connectivity index (χ2n) is 4.34. The molecule has 1 amide bonds. The molecule has 2 aromatic rings. The molecule has 2 aromatic carbocycles. The summed E-state index contributed by atoms with van der Waals surface area (Å²) in [5.41, 5.74) is 1.53. The van der Waals surface area contributed by atoms with Gasteiger partial charge in [0, 0.05) is 6.42 Å². The summed E-state index contributed by atoms with van der Waals surface area (Å²) in [4.78, 5) is 11.8. The average Bonchev–Trinajstić information content (AvgIpc) is 2.48. The maximum Gasteiger partial charge on any atom is 0.224 e. The van der Waals surface area contributed by atoms with Crippen LogP contribution in [0, 0.1) is 17.1 Å². The molecule has 0 aliphatic heterocycles. The summed E-state index contributed by atoms with van der Waals surface area (Å²) in [5, 5.41) is 11.5. The van der Waals surface area contributed by atoms with Gasteiger partial charge in [0.1, 0.15) is 11.9 Å². The van der Waals surface area contributed by atoms with Gasteiger partial charge in [-0.15, -0.1) is 0 Å². The Balaban J connectivity index is 1.97. The number of nitriles is 1. The monoisotopic (exact) mass is 268 g/mol. The van der Waals surface area contributed by atoms with Crippen LogP contribution in [0.2, 0.25) is 0 Å². The quantitative estimate of drug-likeness (QED) is 0.925. The van der Waals surface area contributed by atoms with Crippen molar-refractivity contribution in [2.75, 3.05) is 5.32 Å². The SMILES string of the molecule is N#Cc1cc(F)ccc1NC(=O)CCc1ccccc1. The first kappa shape index (κ1) is 13.8. The fourth-order valence-electron chi connectivity index (χ4n) is 1.83. The van der Waals surface area contributed by atoms with Gasteiger partial charge in [0.15, 0.2) is 0 Å². The first-order chi connectivity index (χ1) is 9.69. The van der Waals surface area contributed by atoms with Gasteiger partial charge in [0.2, 0.25) is 5.91 Å². The van der Waals surface area contributed by atoms with Crippen LogP contribution in [0.15, 0.2) is 48.5 Å². The molecular formula is C16H13FN2O. The third-order valence-electron chi connectivity index (χ3n) is 2.86. The van der Waals surface area contributed by atoms with Gasteiger partial charge in [-0.25, -0.2) is 4.39 Å². The maximum atomic E-state index is 13.0. The smallest absolute Gasteiger partial charge is 0.224 e. The van der Waals surface area contributed by atoms with Gasteiger partial charge in [-0.1, -0.05) is 30.3 Å². The topological polar surface area (TPSA) is 52.9 Å². The van der Waals surface area contributed by atoms with Crippen molar-refractivity contribution in [2.45, 2.75) is 12.8 Å². The number of nitrogens with zero attached hydrogens (tertiary/aromatic N) is 1. The predicted molar refractivity (Wildman–Crippen MR) is 74.5 cm³/mol. The van der Waals surface area contributed by atoms with E-state index in [1.54, 1.807) is 0 Å². The van der Waals surface area contributed by atoms with Gasteiger partial charge in [-0.05, 0) is 30.2 Å². The number of benzene rings is 2. The third-order valence-corrected chi connectivity index (χ3v) is 2.86. The van der Waals surface area contributed by atoms with Crippen molar-refractivity contribution in [3.05, 3.63) is 65.5 Å². The van der Waals surface area contributed by atoms with E-state index in [0.717, 1.165) is 11.6 Å². The molecule has 100 valence electrons. The molecule has 0 heterocycles. The van der Waals surface area contributed by atoms with E-state index in [-0.39, 0.29) is 11.5 Å². The molecule has 3 nitrogen and oxygen atoms in total. The summed E-state index contributed by atoms with van der Waals surface area (Å²) in [6.45, 7) is 0. The Kier molecular flexibility index (Phi) is 4.46. The highest BCUT2D eigenvalue weighted by Gasteiger charge is 2.08. The largest absolute Gasteiger partial charge is 0.325 e. The van der Waals surface area contributed by atoms with Crippen molar-refractivity contribution in [3.63, 3.8) is 0 Å². The van der Waals surface area contributed by atoms with E-state index in [1.165, 1.54) is 12.1 Å². The molecule has 4 heteroatoms.